The smallest absolute Gasteiger partial charge is 0.255 e. The Morgan fingerprint density at radius 1 is 1.09 bits per heavy atom. The molecule has 1 fully saturated rings. The number of aliphatic hydroxyl groups excluding tert-OH is 1. The largest absolute Gasteiger partial charge is 0.511 e. The highest BCUT2D eigenvalue weighted by Crippen LogP contribution is 2.56. The molecule has 0 spiro atoms. The molecule has 4 rings (SSSR count). The zero-order chi connectivity index (χ0) is 25.4. The number of hydrogen-bond donors (Lipinski definition) is 6. The van der Waals surface area contributed by atoms with Crippen LogP contribution in [0.1, 0.15) is 22.3 Å². The van der Waals surface area contributed by atoms with Crippen LogP contribution in [-0.4, -0.2) is 82.8 Å². The van der Waals surface area contributed by atoms with Crippen LogP contribution in [0.5, 0.6) is 5.75 Å². The maximum atomic E-state index is 13.7. The van der Waals surface area contributed by atoms with Crippen LogP contribution >= 0.6 is 0 Å². The summed E-state index contributed by atoms with van der Waals surface area (Å²) < 4.78 is 0. The minimum atomic E-state index is -2.82. The monoisotopic (exact) mass is 474 g/mol. The Labute approximate surface area is 196 Å². The molecule has 8 N–H and O–H groups in total. The maximum Gasteiger partial charge on any atom is 0.255 e. The number of primary amides is 1. The van der Waals surface area contributed by atoms with E-state index in [1.54, 1.807) is 44.1 Å². The van der Waals surface area contributed by atoms with Gasteiger partial charge >= 0.3 is 0 Å². The molecule has 0 bridgehead atoms. The number of carbonyl (C=O) groups is 3. The van der Waals surface area contributed by atoms with Crippen molar-refractivity contribution in [2.24, 2.45) is 29.4 Å². The molecular weight excluding hydrogens is 444 g/mol. The molecule has 0 aliphatic heterocycles. The van der Waals surface area contributed by atoms with Gasteiger partial charge in [-0.05, 0) is 50.4 Å². The van der Waals surface area contributed by atoms with Crippen molar-refractivity contribution < 1.29 is 34.8 Å². The molecule has 1 aromatic carbocycles. The van der Waals surface area contributed by atoms with Crippen molar-refractivity contribution in [2.75, 3.05) is 38.8 Å². The highest BCUT2D eigenvalue weighted by molar-refractivity contribution is 6.21. The highest BCUT2D eigenvalue weighted by atomic mass is 16.5. The minimum Gasteiger partial charge on any atom is -0.511 e. The summed E-state index contributed by atoms with van der Waals surface area (Å²) in [5.74, 6) is -11.1. The first-order chi connectivity index (χ1) is 15.7. The summed E-state index contributed by atoms with van der Waals surface area (Å²) in [6.45, 7) is 0. The summed E-state index contributed by atoms with van der Waals surface area (Å²) >= 11 is 0. The summed E-state index contributed by atoms with van der Waals surface area (Å²) in [5, 5.41) is 44.3. The predicted octanol–water partition coefficient (Wildman–Crippen LogP) is -0.861. The number of hydrogen-bond acceptors (Lipinski definition) is 10. The Morgan fingerprint density at radius 3 is 2.24 bits per heavy atom. The number of rotatable bonds is 3. The number of aliphatic hydroxyl groups is 3. The van der Waals surface area contributed by atoms with Crippen molar-refractivity contribution in [1.82, 2.24) is 4.90 Å². The van der Waals surface area contributed by atoms with Crippen LogP contribution in [0.2, 0.25) is 0 Å². The van der Waals surface area contributed by atoms with Gasteiger partial charge < -0.3 is 36.8 Å². The Morgan fingerprint density at radius 2 is 1.71 bits per heavy atom. The van der Waals surface area contributed by atoms with Crippen molar-refractivity contribution in [3.63, 3.8) is 0 Å². The average molecular weight is 475 g/mol. The number of carbonyl (C=O) groups excluding carboxylic acids is 3. The second-order valence-electron chi connectivity index (χ2n) is 9.95. The molecule has 11 heteroatoms. The number of nitrogens with two attached hydrogens (primary N) is 2. The average Bonchev–Trinajstić information content (AvgIpc) is 2.68. The van der Waals surface area contributed by atoms with Gasteiger partial charge in [-0.3, -0.25) is 19.3 Å². The van der Waals surface area contributed by atoms with Crippen molar-refractivity contribution in [3.8, 4) is 5.75 Å². The molecule has 5 atom stereocenters. The van der Waals surface area contributed by atoms with Crippen LogP contribution in [0.15, 0.2) is 17.4 Å². The number of Topliss-reactive ketones (excluding diaryl/α,β-unsaturated/α-hetero) is 2. The van der Waals surface area contributed by atoms with Crippen molar-refractivity contribution >= 4 is 28.8 Å². The standard InChI is InChI=1S/C23H30N4O7/c1-26(2)12-7-11(24)18(28)13-9(12)5-8-6-10-16(23(33,34)15(8)19(13)29)20(30)14(22(25)32)21(31)17(10)27(3)4/h7-8,10,15-17,28,30,33-34H,5-6,24H2,1-4H3,(H2,25,32)/t8?,10?,15?,16?,17-/m0/s1. The van der Waals surface area contributed by atoms with E-state index < -0.39 is 70.1 Å². The number of benzene rings is 1. The molecule has 0 heterocycles. The van der Waals surface area contributed by atoms with Crippen molar-refractivity contribution in [3.05, 3.63) is 28.5 Å². The summed E-state index contributed by atoms with van der Waals surface area (Å²) in [5.41, 5.74) is 11.6. The van der Waals surface area contributed by atoms with Gasteiger partial charge in [0.1, 0.15) is 17.1 Å². The van der Waals surface area contributed by atoms with Gasteiger partial charge in [0, 0.05) is 19.8 Å². The molecule has 1 amide bonds. The van der Waals surface area contributed by atoms with Crippen molar-refractivity contribution in [2.45, 2.75) is 24.7 Å². The second kappa shape index (κ2) is 7.69. The fourth-order valence-electron chi connectivity index (χ4n) is 6.30. The van der Waals surface area contributed by atoms with Crippen LogP contribution in [-0.2, 0) is 16.0 Å². The van der Waals surface area contributed by atoms with E-state index in [1.165, 1.54) is 0 Å². The third-order valence-electron chi connectivity index (χ3n) is 7.55. The van der Waals surface area contributed by atoms with Gasteiger partial charge in [-0.2, -0.15) is 0 Å². The Hall–Kier alpha value is -3.15. The van der Waals surface area contributed by atoms with Crippen LogP contribution in [0, 0.1) is 23.7 Å². The van der Waals surface area contributed by atoms with Crippen LogP contribution in [0.25, 0.3) is 0 Å². The van der Waals surface area contributed by atoms with Gasteiger partial charge in [0.15, 0.2) is 17.4 Å². The molecule has 34 heavy (non-hydrogen) atoms. The number of amides is 1. The zero-order valence-electron chi connectivity index (χ0n) is 19.4. The third kappa shape index (κ3) is 3.11. The lowest BCUT2D eigenvalue weighted by molar-refractivity contribution is -0.265. The van der Waals surface area contributed by atoms with E-state index in [2.05, 4.69) is 0 Å². The third-order valence-corrected chi connectivity index (χ3v) is 7.55. The Bertz CT molecular complexity index is 1140. The number of aromatic hydroxyl groups is 1. The first-order valence-corrected chi connectivity index (χ1v) is 11.0. The Kier molecular flexibility index (Phi) is 5.42. The first-order valence-electron chi connectivity index (χ1n) is 11.0. The zero-order valence-corrected chi connectivity index (χ0v) is 19.4. The molecule has 1 aromatic rings. The van der Waals surface area contributed by atoms with Gasteiger partial charge in [-0.1, -0.05) is 0 Å². The number of likely N-dealkylation sites (N-methyl/N-ethyl adjacent to an activating group) is 1. The lowest BCUT2D eigenvalue weighted by Gasteiger charge is -2.54. The molecule has 3 aliphatic rings. The number of phenolic OH excluding ortho intramolecular Hbond substituents is 1. The van der Waals surface area contributed by atoms with Gasteiger partial charge in [-0.25, -0.2) is 0 Å². The topological polar surface area (TPSA) is 191 Å². The van der Waals surface area contributed by atoms with E-state index in [4.69, 9.17) is 11.5 Å². The number of anilines is 2. The number of phenols is 1. The van der Waals surface area contributed by atoms with E-state index in [9.17, 15) is 34.8 Å². The Balaban J connectivity index is 1.94. The number of ketones is 2. The number of fused-ring (bicyclic) bond motifs is 3. The fourth-order valence-corrected chi connectivity index (χ4v) is 6.30. The van der Waals surface area contributed by atoms with E-state index in [1.807, 2.05) is 0 Å². The quantitative estimate of drug-likeness (QED) is 0.139. The molecule has 11 nitrogen and oxygen atoms in total. The number of nitrogens with zero attached hydrogens (tertiary/aromatic N) is 2. The molecule has 0 radical (unpaired) electrons. The molecule has 3 aliphatic carbocycles. The van der Waals surface area contributed by atoms with Gasteiger partial charge in [-0.15, -0.1) is 0 Å². The van der Waals surface area contributed by atoms with E-state index in [-0.39, 0.29) is 24.1 Å². The molecule has 0 aromatic heterocycles. The molecule has 184 valence electrons. The summed E-state index contributed by atoms with van der Waals surface area (Å²) in [6, 6.07) is 0.589. The molecular formula is C23H30N4O7. The fraction of sp³-hybridized carbons (Fsp3) is 0.522. The van der Waals surface area contributed by atoms with Gasteiger partial charge in [0.05, 0.1) is 29.1 Å². The molecule has 1 saturated carbocycles. The second-order valence-corrected chi connectivity index (χ2v) is 9.95. The van der Waals surface area contributed by atoms with Crippen LogP contribution in [0.4, 0.5) is 11.4 Å². The SMILES string of the molecule is CN(C)c1cc(N)c(O)c2c1CC1CC3C(C(O)=C(C(N)=O)C(=O)[C@H]3N(C)C)C(O)(O)C1C2=O. The summed E-state index contributed by atoms with van der Waals surface area (Å²) in [7, 11) is 6.74. The molecule has 0 saturated heterocycles. The molecule has 4 unspecified atom stereocenters. The van der Waals surface area contributed by atoms with Crippen LogP contribution < -0.4 is 16.4 Å². The number of nitrogen functional groups attached to an aromatic ring is 1. The lowest BCUT2D eigenvalue weighted by atomic mass is 9.54. The van der Waals surface area contributed by atoms with E-state index >= 15 is 0 Å². The van der Waals surface area contributed by atoms with E-state index in [0.717, 1.165) is 0 Å². The minimum absolute atomic E-state index is 0.0286. The predicted molar refractivity (Wildman–Crippen MR) is 122 cm³/mol. The first kappa shape index (κ1) is 24.0. The summed E-state index contributed by atoms with van der Waals surface area (Å²) in [4.78, 5) is 42.1. The maximum absolute atomic E-state index is 13.7. The van der Waals surface area contributed by atoms with Crippen molar-refractivity contribution in [1.29, 1.82) is 0 Å². The van der Waals surface area contributed by atoms with Gasteiger partial charge in [0.25, 0.3) is 5.91 Å². The van der Waals surface area contributed by atoms with Gasteiger partial charge in [0.2, 0.25) is 0 Å². The summed E-state index contributed by atoms with van der Waals surface area (Å²) in [6.07, 6.45) is 0.396. The normalized spacial score (nSPS) is 30.0. The highest BCUT2D eigenvalue weighted by Gasteiger charge is 2.64. The van der Waals surface area contributed by atoms with E-state index in [0.29, 0.717) is 11.3 Å². The lowest BCUT2D eigenvalue weighted by Crippen LogP contribution is -2.65. The van der Waals surface area contributed by atoms with Crippen LogP contribution in [0.3, 0.4) is 0 Å².